The van der Waals surface area contributed by atoms with Gasteiger partial charge in [-0.25, -0.2) is 0 Å². The lowest BCUT2D eigenvalue weighted by Crippen LogP contribution is -2.26. The Morgan fingerprint density at radius 3 is 2.38 bits per heavy atom. The molecule has 0 saturated heterocycles. The van der Waals surface area contributed by atoms with Gasteiger partial charge in [-0.3, -0.25) is 9.59 Å². The van der Waals surface area contributed by atoms with Crippen LogP contribution in [-0.2, 0) is 17.5 Å². The summed E-state index contributed by atoms with van der Waals surface area (Å²) in [7, 11) is 0. The number of nitrogens with zero attached hydrogens (tertiary/aromatic N) is 1. The zero-order chi connectivity index (χ0) is 19.2. The second-order valence-corrected chi connectivity index (χ2v) is 5.79. The van der Waals surface area contributed by atoms with E-state index in [1.54, 1.807) is 17.0 Å². The Morgan fingerprint density at radius 1 is 1.12 bits per heavy atom. The van der Waals surface area contributed by atoms with Gasteiger partial charge in [-0.05, 0) is 30.2 Å². The number of benzene rings is 2. The summed E-state index contributed by atoms with van der Waals surface area (Å²) in [5.74, 6) is -0.982. The molecule has 7 heteroatoms. The number of carbonyl (C=O) groups is 2. The van der Waals surface area contributed by atoms with Crippen molar-refractivity contribution in [3.63, 3.8) is 0 Å². The highest BCUT2D eigenvalue weighted by Gasteiger charge is 2.31. The first-order valence-electron chi connectivity index (χ1n) is 7.98. The van der Waals surface area contributed by atoms with E-state index in [1.807, 2.05) is 18.2 Å². The number of carboxylic acid groups (broad SMARTS) is 1. The lowest BCUT2D eigenvalue weighted by Gasteiger charge is -2.27. The van der Waals surface area contributed by atoms with E-state index >= 15 is 0 Å². The molecule has 0 aliphatic rings. The van der Waals surface area contributed by atoms with Gasteiger partial charge < -0.3 is 10.0 Å². The molecule has 0 spiro atoms. The van der Waals surface area contributed by atoms with E-state index in [0.29, 0.717) is 6.29 Å². The molecular formula is C19H18F3NO3. The Balaban J connectivity index is 2.38. The Hall–Kier alpha value is -2.83. The number of hydrogen-bond donors (Lipinski definition) is 1. The summed E-state index contributed by atoms with van der Waals surface area (Å²) >= 11 is 0. The smallest absolute Gasteiger partial charge is 0.416 e. The molecule has 1 N–H and O–H groups in total. The van der Waals surface area contributed by atoms with Crippen LogP contribution in [0.25, 0.3) is 0 Å². The first kappa shape index (κ1) is 19.5. The second kappa shape index (κ2) is 8.51. The van der Waals surface area contributed by atoms with Crippen molar-refractivity contribution in [2.24, 2.45) is 0 Å². The van der Waals surface area contributed by atoms with Crippen LogP contribution < -0.4 is 4.90 Å². The zero-order valence-corrected chi connectivity index (χ0v) is 13.9. The molecule has 0 fully saturated rings. The highest BCUT2D eigenvalue weighted by molar-refractivity contribution is 5.85. The number of aliphatic carboxylic acids is 1. The van der Waals surface area contributed by atoms with Crippen LogP contribution in [0.4, 0.5) is 18.9 Å². The third-order valence-corrected chi connectivity index (χ3v) is 3.86. The molecule has 0 unspecified atom stereocenters. The molecule has 0 aromatic heterocycles. The summed E-state index contributed by atoms with van der Waals surface area (Å²) in [4.78, 5) is 23.7. The molecule has 4 nitrogen and oxygen atoms in total. The maximum atomic E-state index is 13.1. The first-order chi connectivity index (χ1) is 12.3. The lowest BCUT2D eigenvalue weighted by atomic mass is 10.1. The largest absolute Gasteiger partial charge is 0.481 e. The van der Waals surface area contributed by atoms with Gasteiger partial charge in [0.2, 0.25) is 0 Å². The maximum Gasteiger partial charge on any atom is 0.416 e. The number of aldehydes is 1. The summed E-state index contributed by atoms with van der Waals surface area (Å²) in [6.45, 7) is 0.478. The zero-order valence-electron chi connectivity index (χ0n) is 13.9. The van der Waals surface area contributed by atoms with E-state index in [9.17, 15) is 22.8 Å². The average Bonchev–Trinajstić information content (AvgIpc) is 2.60. The molecule has 0 saturated carbocycles. The molecule has 0 heterocycles. The van der Waals surface area contributed by atoms with Crippen molar-refractivity contribution in [3.05, 3.63) is 65.2 Å². The quantitative estimate of drug-likeness (QED) is 0.705. The third kappa shape index (κ3) is 5.34. The molecule has 0 aliphatic heterocycles. The van der Waals surface area contributed by atoms with Crippen LogP contribution in [-0.4, -0.2) is 23.9 Å². The van der Waals surface area contributed by atoms with E-state index in [4.69, 9.17) is 5.11 Å². The predicted octanol–water partition coefficient (Wildman–Crippen LogP) is 4.39. The number of alkyl halides is 3. The molecule has 0 bridgehead atoms. The van der Waals surface area contributed by atoms with Crippen molar-refractivity contribution < 1.29 is 27.9 Å². The molecule has 2 aromatic rings. The van der Waals surface area contributed by atoms with E-state index in [0.717, 1.165) is 23.8 Å². The van der Waals surface area contributed by atoms with Gasteiger partial charge in [-0.1, -0.05) is 30.3 Å². The molecule has 0 amide bonds. The highest BCUT2D eigenvalue weighted by atomic mass is 19.4. The monoisotopic (exact) mass is 365 g/mol. The van der Waals surface area contributed by atoms with Crippen LogP contribution >= 0.6 is 0 Å². The van der Waals surface area contributed by atoms with Gasteiger partial charge in [0.25, 0.3) is 0 Å². The summed E-state index contributed by atoms with van der Waals surface area (Å²) in [6.07, 6.45) is -3.89. The van der Waals surface area contributed by atoms with Crippen molar-refractivity contribution in [2.45, 2.75) is 25.6 Å². The van der Waals surface area contributed by atoms with Crippen LogP contribution in [0.5, 0.6) is 0 Å². The molecular weight excluding hydrogens is 347 g/mol. The maximum absolute atomic E-state index is 13.1. The normalized spacial score (nSPS) is 11.2. The molecule has 26 heavy (non-hydrogen) atoms. The van der Waals surface area contributed by atoms with Crippen LogP contribution in [0.1, 0.15) is 34.3 Å². The minimum absolute atomic E-state index is 0.110. The fourth-order valence-corrected chi connectivity index (χ4v) is 2.60. The Labute approximate surface area is 148 Å². The fourth-order valence-electron chi connectivity index (χ4n) is 2.60. The third-order valence-electron chi connectivity index (χ3n) is 3.86. The van der Waals surface area contributed by atoms with Gasteiger partial charge in [-0.2, -0.15) is 13.2 Å². The number of carbonyl (C=O) groups excluding carboxylic acids is 1. The number of hydrogen-bond acceptors (Lipinski definition) is 3. The van der Waals surface area contributed by atoms with E-state index in [-0.39, 0.29) is 37.2 Å². The number of anilines is 1. The Kier molecular flexibility index (Phi) is 6.38. The molecule has 2 rings (SSSR count). The summed E-state index contributed by atoms with van der Waals surface area (Å²) < 4.78 is 39.2. The van der Waals surface area contributed by atoms with Gasteiger partial charge >= 0.3 is 12.1 Å². The summed E-state index contributed by atoms with van der Waals surface area (Å²) in [6, 6.07) is 12.0. The van der Waals surface area contributed by atoms with E-state index in [1.165, 1.54) is 0 Å². The number of halogens is 3. The first-order valence-corrected chi connectivity index (χ1v) is 7.98. The van der Waals surface area contributed by atoms with Crippen molar-refractivity contribution in [1.29, 1.82) is 0 Å². The summed E-state index contributed by atoms with van der Waals surface area (Å²) in [5, 5.41) is 8.81. The standard InChI is InChI=1S/C19H18F3NO3/c20-19(21,22)16-9-8-15(13-24)17(11-16)23(10-4-7-18(25)26)12-14-5-2-1-3-6-14/h1-3,5-6,8-9,11,13H,4,7,10,12H2,(H,25,26). The van der Waals surface area contributed by atoms with Gasteiger partial charge in [-0.15, -0.1) is 0 Å². The Bertz CT molecular complexity index is 760. The minimum Gasteiger partial charge on any atom is -0.481 e. The molecule has 2 aromatic carbocycles. The fraction of sp³-hybridized carbons (Fsp3) is 0.263. The van der Waals surface area contributed by atoms with Gasteiger partial charge in [0, 0.05) is 30.8 Å². The van der Waals surface area contributed by atoms with Crippen LogP contribution in [0.3, 0.4) is 0 Å². The topological polar surface area (TPSA) is 57.6 Å². The number of rotatable bonds is 8. The molecule has 0 atom stereocenters. The highest BCUT2D eigenvalue weighted by Crippen LogP contribution is 2.33. The lowest BCUT2D eigenvalue weighted by molar-refractivity contribution is -0.138. The van der Waals surface area contributed by atoms with Crippen LogP contribution in [0.2, 0.25) is 0 Å². The van der Waals surface area contributed by atoms with E-state index < -0.39 is 17.7 Å². The van der Waals surface area contributed by atoms with Gasteiger partial charge in [0.1, 0.15) is 0 Å². The van der Waals surface area contributed by atoms with E-state index in [2.05, 4.69) is 0 Å². The van der Waals surface area contributed by atoms with Gasteiger partial charge in [0.15, 0.2) is 6.29 Å². The van der Waals surface area contributed by atoms with Crippen molar-refractivity contribution in [3.8, 4) is 0 Å². The molecule has 0 aliphatic carbocycles. The van der Waals surface area contributed by atoms with Crippen molar-refractivity contribution in [1.82, 2.24) is 0 Å². The molecule has 0 radical (unpaired) electrons. The average molecular weight is 365 g/mol. The van der Waals surface area contributed by atoms with Crippen LogP contribution in [0.15, 0.2) is 48.5 Å². The minimum atomic E-state index is -4.53. The predicted molar refractivity (Wildman–Crippen MR) is 91.2 cm³/mol. The van der Waals surface area contributed by atoms with Crippen LogP contribution in [0, 0.1) is 0 Å². The summed E-state index contributed by atoms with van der Waals surface area (Å²) in [5.41, 5.74) is 0.264. The van der Waals surface area contributed by atoms with Crippen molar-refractivity contribution >= 4 is 17.9 Å². The number of carboxylic acids is 1. The SMILES string of the molecule is O=Cc1ccc(C(F)(F)F)cc1N(CCCC(=O)O)Cc1ccccc1. The second-order valence-electron chi connectivity index (χ2n) is 5.79. The van der Waals surface area contributed by atoms with Crippen molar-refractivity contribution in [2.75, 3.05) is 11.4 Å². The Morgan fingerprint density at radius 2 is 1.81 bits per heavy atom. The molecule has 138 valence electrons. The van der Waals surface area contributed by atoms with Gasteiger partial charge in [0.05, 0.1) is 5.56 Å².